The van der Waals surface area contributed by atoms with Gasteiger partial charge in [0.1, 0.15) is 5.82 Å². The summed E-state index contributed by atoms with van der Waals surface area (Å²) in [6, 6.07) is 14.9. The molecule has 3 heterocycles. The molecule has 196 valence electrons. The first-order valence-corrected chi connectivity index (χ1v) is 13.8. The lowest BCUT2D eigenvalue weighted by molar-refractivity contribution is -0.132. The molecule has 2 aliphatic rings. The highest BCUT2D eigenvalue weighted by Crippen LogP contribution is 2.33. The molecule has 1 saturated heterocycles. The SMILES string of the molecule is Cc1ccc(Cc2nsc(N(CCC(=O)N3CCN(Cc4ccc5c(c4)OCO5)CC3)C(C)C)n2)cc1. The van der Waals surface area contributed by atoms with Gasteiger partial charge in [0.05, 0.1) is 0 Å². The number of ether oxygens (including phenoxy) is 2. The van der Waals surface area contributed by atoms with Crippen LogP contribution in [0.3, 0.4) is 0 Å². The van der Waals surface area contributed by atoms with Gasteiger partial charge in [-0.25, -0.2) is 4.98 Å². The van der Waals surface area contributed by atoms with Gasteiger partial charge in [-0.05, 0) is 44.0 Å². The number of hydrogen-bond donors (Lipinski definition) is 0. The molecule has 5 rings (SSSR count). The van der Waals surface area contributed by atoms with Gasteiger partial charge >= 0.3 is 0 Å². The van der Waals surface area contributed by atoms with E-state index in [9.17, 15) is 4.79 Å². The van der Waals surface area contributed by atoms with E-state index in [-0.39, 0.29) is 11.9 Å². The normalized spacial score (nSPS) is 15.4. The maximum Gasteiger partial charge on any atom is 0.231 e. The number of anilines is 1. The molecule has 0 radical (unpaired) electrons. The number of aromatic nitrogens is 2. The first-order valence-electron chi connectivity index (χ1n) is 13.0. The molecule has 0 saturated carbocycles. The molecule has 0 aliphatic carbocycles. The number of benzene rings is 2. The Hall–Kier alpha value is -3.17. The van der Waals surface area contributed by atoms with Crippen molar-refractivity contribution in [2.45, 2.75) is 46.2 Å². The highest BCUT2D eigenvalue weighted by molar-refractivity contribution is 7.09. The third-order valence-corrected chi connectivity index (χ3v) is 7.74. The molecule has 8 nitrogen and oxygen atoms in total. The Balaban J connectivity index is 1.10. The summed E-state index contributed by atoms with van der Waals surface area (Å²) in [5, 5.41) is 0.887. The maximum absolute atomic E-state index is 13.0. The number of piperazine rings is 1. The first kappa shape index (κ1) is 25.5. The Kier molecular flexibility index (Phi) is 7.90. The van der Waals surface area contributed by atoms with Gasteiger partial charge in [0.25, 0.3) is 0 Å². The molecule has 2 aliphatic heterocycles. The lowest BCUT2D eigenvalue weighted by Gasteiger charge is -2.35. The third-order valence-electron chi connectivity index (χ3n) is 6.94. The fourth-order valence-electron chi connectivity index (χ4n) is 4.72. The van der Waals surface area contributed by atoms with Crippen molar-refractivity contribution in [3.05, 3.63) is 65.0 Å². The van der Waals surface area contributed by atoms with Crippen LogP contribution in [0.15, 0.2) is 42.5 Å². The zero-order chi connectivity index (χ0) is 25.8. The van der Waals surface area contributed by atoms with Crippen molar-refractivity contribution < 1.29 is 14.3 Å². The van der Waals surface area contributed by atoms with E-state index < -0.39 is 0 Å². The minimum atomic E-state index is 0.206. The standard InChI is InChI=1S/C28H35N5O3S/c1-20(2)33(28-29-26(30-37-28)17-22-6-4-21(3)5-7-22)11-10-27(34)32-14-12-31(13-15-32)18-23-8-9-24-25(16-23)36-19-35-24/h4-9,16,20H,10-15,17-19H2,1-3H3. The number of hydrogen-bond acceptors (Lipinski definition) is 8. The van der Waals surface area contributed by atoms with Crippen LogP contribution in [-0.2, 0) is 17.8 Å². The van der Waals surface area contributed by atoms with Crippen LogP contribution in [0.2, 0.25) is 0 Å². The van der Waals surface area contributed by atoms with E-state index in [2.05, 4.69) is 71.3 Å². The van der Waals surface area contributed by atoms with Gasteiger partial charge in [-0.2, -0.15) is 4.37 Å². The van der Waals surface area contributed by atoms with Crippen LogP contribution in [0.5, 0.6) is 11.5 Å². The van der Waals surface area contributed by atoms with Crippen LogP contribution >= 0.6 is 11.5 Å². The Morgan fingerprint density at radius 2 is 1.76 bits per heavy atom. The predicted molar refractivity (Wildman–Crippen MR) is 145 cm³/mol. The van der Waals surface area contributed by atoms with E-state index in [1.165, 1.54) is 28.2 Å². The topological polar surface area (TPSA) is 71.0 Å². The van der Waals surface area contributed by atoms with Gasteiger partial charge in [-0.1, -0.05) is 35.9 Å². The van der Waals surface area contributed by atoms with Crippen LogP contribution in [0, 0.1) is 6.92 Å². The summed E-state index contributed by atoms with van der Waals surface area (Å²) >= 11 is 1.42. The highest BCUT2D eigenvalue weighted by Gasteiger charge is 2.24. The van der Waals surface area contributed by atoms with Crippen molar-refractivity contribution >= 4 is 22.6 Å². The molecule has 1 aromatic heterocycles. The summed E-state index contributed by atoms with van der Waals surface area (Å²) in [6.07, 6.45) is 1.20. The summed E-state index contributed by atoms with van der Waals surface area (Å²) in [5.41, 5.74) is 3.66. The molecule has 3 aromatic rings. The number of fused-ring (bicyclic) bond motifs is 1. The summed E-state index contributed by atoms with van der Waals surface area (Å²) in [4.78, 5) is 24.4. The quantitative estimate of drug-likeness (QED) is 0.420. The van der Waals surface area contributed by atoms with E-state index in [0.29, 0.717) is 19.8 Å². The molecule has 0 N–H and O–H groups in total. The summed E-state index contributed by atoms with van der Waals surface area (Å²) < 4.78 is 15.5. The molecule has 2 aromatic carbocycles. The van der Waals surface area contributed by atoms with Gasteiger partial charge < -0.3 is 19.3 Å². The lowest BCUT2D eigenvalue weighted by Crippen LogP contribution is -2.49. The second kappa shape index (κ2) is 11.5. The van der Waals surface area contributed by atoms with E-state index in [0.717, 1.165) is 61.6 Å². The summed E-state index contributed by atoms with van der Waals surface area (Å²) in [6.45, 7) is 11.4. The van der Waals surface area contributed by atoms with Gasteiger partial charge in [0.2, 0.25) is 17.8 Å². The second-order valence-electron chi connectivity index (χ2n) is 10.0. The Morgan fingerprint density at radius 1 is 1.03 bits per heavy atom. The molecule has 0 unspecified atom stereocenters. The molecular formula is C28H35N5O3S. The number of carbonyl (C=O) groups excluding carboxylic acids is 1. The van der Waals surface area contributed by atoms with Gasteiger partial charge in [-0.15, -0.1) is 0 Å². The lowest BCUT2D eigenvalue weighted by atomic mass is 10.1. The predicted octanol–water partition coefficient (Wildman–Crippen LogP) is 4.12. The molecule has 0 spiro atoms. The van der Waals surface area contributed by atoms with Crippen LogP contribution in [0.1, 0.15) is 42.8 Å². The summed E-state index contributed by atoms with van der Waals surface area (Å²) in [7, 11) is 0. The molecule has 9 heteroatoms. The molecule has 1 amide bonds. The van der Waals surface area contributed by atoms with Crippen LogP contribution in [0.4, 0.5) is 5.13 Å². The van der Waals surface area contributed by atoms with Crippen molar-refractivity contribution in [3.8, 4) is 11.5 Å². The number of aryl methyl sites for hydroxylation is 1. The van der Waals surface area contributed by atoms with Crippen molar-refractivity contribution in [2.24, 2.45) is 0 Å². The number of nitrogens with zero attached hydrogens (tertiary/aromatic N) is 5. The average Bonchev–Trinajstić information content (AvgIpc) is 3.55. The molecule has 0 atom stereocenters. The second-order valence-corrected chi connectivity index (χ2v) is 10.8. The van der Waals surface area contributed by atoms with Crippen LogP contribution in [-0.4, -0.2) is 70.6 Å². The Labute approximate surface area is 223 Å². The fourth-order valence-corrected chi connectivity index (χ4v) is 5.57. The number of rotatable bonds is 9. The monoisotopic (exact) mass is 521 g/mol. The smallest absolute Gasteiger partial charge is 0.231 e. The van der Waals surface area contributed by atoms with Crippen molar-refractivity contribution in [1.29, 1.82) is 0 Å². The van der Waals surface area contributed by atoms with Crippen LogP contribution < -0.4 is 14.4 Å². The van der Waals surface area contributed by atoms with Gasteiger partial charge in [-0.3, -0.25) is 9.69 Å². The average molecular weight is 522 g/mol. The van der Waals surface area contributed by atoms with E-state index >= 15 is 0 Å². The molecular weight excluding hydrogens is 486 g/mol. The molecule has 1 fully saturated rings. The minimum Gasteiger partial charge on any atom is -0.454 e. The zero-order valence-corrected chi connectivity index (χ0v) is 22.7. The number of carbonyl (C=O) groups is 1. The zero-order valence-electron chi connectivity index (χ0n) is 21.9. The maximum atomic E-state index is 13.0. The molecule has 0 bridgehead atoms. The Bertz CT molecular complexity index is 1200. The van der Waals surface area contributed by atoms with Crippen molar-refractivity contribution in [3.63, 3.8) is 0 Å². The molecule has 37 heavy (non-hydrogen) atoms. The fraction of sp³-hybridized carbons (Fsp3) is 0.464. The van der Waals surface area contributed by atoms with E-state index in [4.69, 9.17) is 14.5 Å². The van der Waals surface area contributed by atoms with E-state index in [1.807, 2.05) is 11.0 Å². The number of amides is 1. The highest BCUT2D eigenvalue weighted by atomic mass is 32.1. The first-order chi connectivity index (χ1) is 17.9. The third kappa shape index (κ3) is 6.40. The minimum absolute atomic E-state index is 0.206. The van der Waals surface area contributed by atoms with Gasteiger partial charge in [0.15, 0.2) is 11.5 Å². The van der Waals surface area contributed by atoms with Crippen LogP contribution in [0.25, 0.3) is 0 Å². The van der Waals surface area contributed by atoms with E-state index in [1.54, 1.807) is 0 Å². The Morgan fingerprint density at radius 3 is 2.51 bits per heavy atom. The van der Waals surface area contributed by atoms with Gasteiger partial charge in [0, 0.05) is 69.7 Å². The summed E-state index contributed by atoms with van der Waals surface area (Å²) in [5.74, 6) is 2.67. The van der Waals surface area contributed by atoms with Crippen molar-refractivity contribution in [1.82, 2.24) is 19.2 Å². The largest absolute Gasteiger partial charge is 0.454 e. The van der Waals surface area contributed by atoms with Crippen molar-refractivity contribution in [2.75, 3.05) is 44.4 Å².